The van der Waals surface area contributed by atoms with Gasteiger partial charge in [0.25, 0.3) is 0 Å². The lowest BCUT2D eigenvalue weighted by atomic mass is 9.68. The zero-order valence-corrected chi connectivity index (χ0v) is 16.7. The van der Waals surface area contributed by atoms with E-state index in [-0.39, 0.29) is 5.88 Å². The Morgan fingerprint density at radius 1 is 1.18 bits per heavy atom. The van der Waals surface area contributed by atoms with Crippen LogP contribution in [0.3, 0.4) is 0 Å². The van der Waals surface area contributed by atoms with Gasteiger partial charge in [-0.3, -0.25) is 5.10 Å². The van der Waals surface area contributed by atoms with Gasteiger partial charge >= 0.3 is 0 Å². The molecule has 1 unspecified atom stereocenters. The van der Waals surface area contributed by atoms with Gasteiger partial charge in [-0.1, -0.05) is 70.5 Å². The van der Waals surface area contributed by atoms with Crippen LogP contribution in [0.4, 0.5) is 0 Å². The second kappa shape index (κ2) is 7.02. The number of aromatic nitrogens is 2. The van der Waals surface area contributed by atoms with Crippen molar-refractivity contribution in [3.8, 4) is 11.9 Å². The van der Waals surface area contributed by atoms with Crippen molar-refractivity contribution in [2.75, 3.05) is 0 Å². The minimum absolute atomic E-state index is 0.0575. The standard InChI is InChI=1S/C22H17BrN4O/c1-14-19-21(27-26-14)28-20(25)18(13-24)22(19,16-7-9-17(23)10-8-16)12-11-15-5-3-2-4-6-15/h2-12H,25H2,1H3,(H,26,27)/b12-11+. The third-order valence-corrected chi connectivity index (χ3v) is 5.42. The molecule has 0 radical (unpaired) electrons. The summed E-state index contributed by atoms with van der Waals surface area (Å²) in [7, 11) is 0. The highest BCUT2D eigenvalue weighted by molar-refractivity contribution is 9.10. The van der Waals surface area contributed by atoms with Crippen molar-refractivity contribution >= 4 is 22.0 Å². The summed E-state index contributed by atoms with van der Waals surface area (Å²) in [5.41, 5.74) is 9.10. The topological polar surface area (TPSA) is 87.7 Å². The van der Waals surface area contributed by atoms with Gasteiger partial charge in [0.1, 0.15) is 11.6 Å². The second-order valence-electron chi connectivity index (χ2n) is 6.54. The Morgan fingerprint density at radius 3 is 2.57 bits per heavy atom. The van der Waals surface area contributed by atoms with Gasteiger partial charge in [0.15, 0.2) is 0 Å². The molecule has 6 heteroatoms. The van der Waals surface area contributed by atoms with Crippen LogP contribution in [0.2, 0.25) is 0 Å². The van der Waals surface area contributed by atoms with E-state index in [1.54, 1.807) is 0 Å². The third-order valence-electron chi connectivity index (χ3n) is 4.89. The number of nitrogens with two attached hydrogens (primary N) is 1. The smallest absolute Gasteiger partial charge is 0.244 e. The first-order valence-electron chi connectivity index (χ1n) is 8.70. The van der Waals surface area contributed by atoms with Crippen molar-refractivity contribution in [2.45, 2.75) is 12.3 Å². The fourth-order valence-electron chi connectivity index (χ4n) is 3.61. The van der Waals surface area contributed by atoms with Crippen LogP contribution in [0.25, 0.3) is 6.08 Å². The normalized spacial score (nSPS) is 18.6. The van der Waals surface area contributed by atoms with Crippen molar-refractivity contribution in [3.05, 3.63) is 99.0 Å². The molecule has 0 fully saturated rings. The highest BCUT2D eigenvalue weighted by Gasteiger charge is 2.46. The predicted molar refractivity (Wildman–Crippen MR) is 111 cm³/mol. The third kappa shape index (κ3) is 2.81. The molecule has 1 aliphatic rings. The minimum atomic E-state index is -0.917. The molecule has 3 aromatic rings. The first-order valence-corrected chi connectivity index (χ1v) is 9.49. The van der Waals surface area contributed by atoms with Crippen LogP contribution in [-0.2, 0) is 5.41 Å². The fraction of sp³-hybridized carbons (Fsp3) is 0.0909. The molecule has 0 amide bonds. The van der Waals surface area contributed by atoms with Crippen LogP contribution < -0.4 is 10.5 Å². The lowest BCUT2D eigenvalue weighted by Crippen LogP contribution is -2.35. The van der Waals surface area contributed by atoms with E-state index in [0.29, 0.717) is 11.5 Å². The molecule has 138 valence electrons. The van der Waals surface area contributed by atoms with Crippen LogP contribution in [0, 0.1) is 18.3 Å². The Balaban J connectivity index is 2.05. The summed E-state index contributed by atoms with van der Waals surface area (Å²) in [5, 5.41) is 17.2. The molecule has 4 rings (SSSR count). The van der Waals surface area contributed by atoms with Crippen molar-refractivity contribution in [2.24, 2.45) is 5.73 Å². The second-order valence-corrected chi connectivity index (χ2v) is 7.46. The zero-order valence-electron chi connectivity index (χ0n) is 15.1. The van der Waals surface area contributed by atoms with Gasteiger partial charge in [0, 0.05) is 10.2 Å². The molecule has 2 heterocycles. The number of rotatable bonds is 3. The van der Waals surface area contributed by atoms with Crippen LogP contribution >= 0.6 is 15.9 Å². The molecule has 1 atom stereocenters. The highest BCUT2D eigenvalue weighted by atomic mass is 79.9. The Kier molecular flexibility index (Phi) is 4.54. The van der Waals surface area contributed by atoms with Crippen molar-refractivity contribution in [3.63, 3.8) is 0 Å². The summed E-state index contributed by atoms with van der Waals surface area (Å²) < 4.78 is 6.61. The summed E-state index contributed by atoms with van der Waals surface area (Å²) in [6.07, 6.45) is 4.00. The number of halogens is 1. The maximum absolute atomic E-state index is 10.0. The van der Waals surface area contributed by atoms with Crippen LogP contribution in [0.1, 0.15) is 22.4 Å². The van der Waals surface area contributed by atoms with Gasteiger partial charge in [-0.05, 0) is 30.2 Å². The average molecular weight is 433 g/mol. The van der Waals surface area contributed by atoms with Gasteiger partial charge in [-0.25, -0.2) is 0 Å². The summed E-state index contributed by atoms with van der Waals surface area (Å²) in [5.74, 6) is 0.441. The number of nitrogens with zero attached hydrogens (tertiary/aromatic N) is 2. The Bertz CT molecular complexity index is 1120. The molecule has 5 nitrogen and oxygen atoms in total. The van der Waals surface area contributed by atoms with E-state index in [1.165, 1.54) is 0 Å². The maximum Gasteiger partial charge on any atom is 0.244 e. The maximum atomic E-state index is 10.0. The molecule has 2 aromatic carbocycles. The van der Waals surface area contributed by atoms with E-state index in [1.807, 2.05) is 73.7 Å². The van der Waals surface area contributed by atoms with Gasteiger partial charge in [-0.15, -0.1) is 5.10 Å². The van der Waals surface area contributed by atoms with Crippen LogP contribution in [-0.4, -0.2) is 10.2 Å². The van der Waals surface area contributed by atoms with E-state index < -0.39 is 5.41 Å². The summed E-state index contributed by atoms with van der Waals surface area (Å²) >= 11 is 3.48. The number of allylic oxidation sites excluding steroid dienone is 2. The number of nitrogens with one attached hydrogen (secondary N) is 1. The van der Waals surface area contributed by atoms with E-state index in [2.05, 4.69) is 32.2 Å². The van der Waals surface area contributed by atoms with E-state index >= 15 is 0 Å². The molecule has 0 saturated carbocycles. The molecule has 1 aromatic heterocycles. The first kappa shape index (κ1) is 18.1. The summed E-state index contributed by atoms with van der Waals surface area (Å²) in [6.45, 7) is 1.91. The van der Waals surface area contributed by atoms with Crippen molar-refractivity contribution < 1.29 is 4.74 Å². The average Bonchev–Trinajstić information content (AvgIpc) is 3.08. The minimum Gasteiger partial charge on any atom is -0.420 e. The van der Waals surface area contributed by atoms with Gasteiger partial charge in [0.2, 0.25) is 11.8 Å². The van der Waals surface area contributed by atoms with E-state index in [9.17, 15) is 5.26 Å². The molecule has 1 aliphatic heterocycles. The lowest BCUT2D eigenvalue weighted by Gasteiger charge is -2.35. The molecule has 0 saturated heterocycles. The first-order chi connectivity index (χ1) is 13.6. The lowest BCUT2D eigenvalue weighted by molar-refractivity contribution is 0.368. The van der Waals surface area contributed by atoms with E-state index in [4.69, 9.17) is 10.5 Å². The van der Waals surface area contributed by atoms with Gasteiger partial charge in [-0.2, -0.15) is 5.26 Å². The van der Waals surface area contributed by atoms with Crippen LogP contribution in [0.15, 0.2) is 76.6 Å². The number of ether oxygens (including phenoxy) is 1. The fourth-order valence-corrected chi connectivity index (χ4v) is 3.88. The van der Waals surface area contributed by atoms with Gasteiger partial charge < -0.3 is 10.5 Å². The Hall–Kier alpha value is -3.30. The van der Waals surface area contributed by atoms with Crippen LogP contribution in [0.5, 0.6) is 5.88 Å². The zero-order chi connectivity index (χ0) is 19.7. The number of nitriles is 1. The van der Waals surface area contributed by atoms with Gasteiger partial charge in [0.05, 0.1) is 11.0 Å². The number of benzene rings is 2. The van der Waals surface area contributed by atoms with Crippen molar-refractivity contribution in [1.29, 1.82) is 5.26 Å². The summed E-state index contributed by atoms with van der Waals surface area (Å²) in [6, 6.07) is 20.1. The molecule has 0 bridgehead atoms. The number of hydrogen-bond acceptors (Lipinski definition) is 4. The number of H-pyrrole nitrogens is 1. The van der Waals surface area contributed by atoms with E-state index in [0.717, 1.165) is 26.9 Å². The summed E-state index contributed by atoms with van der Waals surface area (Å²) in [4.78, 5) is 0. The largest absolute Gasteiger partial charge is 0.420 e. The monoisotopic (exact) mass is 432 g/mol. The quantitative estimate of drug-likeness (QED) is 0.634. The number of aromatic amines is 1. The Morgan fingerprint density at radius 2 is 1.89 bits per heavy atom. The molecular weight excluding hydrogens is 416 g/mol. The molecule has 0 aliphatic carbocycles. The predicted octanol–water partition coefficient (Wildman–Crippen LogP) is 4.57. The number of hydrogen-bond donors (Lipinski definition) is 2. The number of aryl methyl sites for hydroxylation is 1. The SMILES string of the molecule is Cc1[nH]nc2c1C(/C=C/c1ccccc1)(c1ccc(Br)cc1)C(C#N)=C(N)O2. The number of fused-ring (bicyclic) bond motifs is 1. The molecule has 28 heavy (non-hydrogen) atoms. The molecular formula is C22H17BrN4O. The molecule has 3 N–H and O–H groups in total. The Labute approximate surface area is 171 Å². The van der Waals surface area contributed by atoms with Crippen molar-refractivity contribution in [1.82, 2.24) is 10.2 Å². The molecule has 0 spiro atoms. The highest BCUT2D eigenvalue weighted by Crippen LogP contribution is 2.49.